The number of rotatable bonds is 4. The van der Waals surface area contributed by atoms with Gasteiger partial charge in [0.1, 0.15) is 11.4 Å². The summed E-state index contributed by atoms with van der Waals surface area (Å²) in [4.78, 5) is 48.4. The van der Waals surface area contributed by atoms with Gasteiger partial charge in [0.05, 0.1) is 17.2 Å². The fourth-order valence-electron chi connectivity index (χ4n) is 16.8. The summed E-state index contributed by atoms with van der Waals surface area (Å²) in [7, 11) is 0. The smallest absolute Gasteiger partial charge is 0.331 e. The quantitative estimate of drug-likeness (QED) is 0.0657. The Morgan fingerprint density at radius 1 is 0.919 bits per heavy atom. The molecule has 14 atom stereocenters. The maximum absolute atomic E-state index is 16.4. The zero-order chi connectivity index (χ0) is 44.0. The minimum absolute atomic E-state index is 0.00747. The van der Waals surface area contributed by atoms with Crippen molar-refractivity contribution in [1.82, 2.24) is 0 Å². The first-order chi connectivity index (χ1) is 29.3. The lowest BCUT2D eigenvalue weighted by atomic mass is 9.31. The van der Waals surface area contributed by atoms with Crippen LogP contribution in [-0.4, -0.2) is 66.8 Å². The SMILES string of the molecule is C/C(C(=O)O)=C1/CC[C@]2(N=C(N)N)C=C[C@@]34C[C@@]5(O)C=C[C@]6(O)C7=C8C(=O)[C@@H](CCCC[C@@H]3[C@H]2[C@@H]1O)[C@@]4(C)[C@]75CCC#CC[C@]1(C)C(=O)CC[C@@]8(C)[C@@H]1[C@@H]6/C=C/c1ccccc1. The third-order valence-electron chi connectivity index (χ3n) is 19.2. The summed E-state index contributed by atoms with van der Waals surface area (Å²) in [6.45, 7) is 7.88. The number of aliphatic hydroxyl groups is 3. The van der Waals surface area contributed by atoms with Gasteiger partial charge in [0.15, 0.2) is 11.7 Å². The first-order valence-corrected chi connectivity index (χ1v) is 22.9. The second-order valence-electron chi connectivity index (χ2n) is 21.3. The number of nitrogens with two attached hydrogens (primary N) is 2. The second kappa shape index (κ2) is 13.2. The predicted molar refractivity (Wildman–Crippen MR) is 235 cm³/mol. The number of hydrogen-bond acceptors (Lipinski definition) is 7. The number of aliphatic hydroxyl groups excluding tert-OH is 1. The molecule has 10 nitrogen and oxygen atoms in total. The van der Waals surface area contributed by atoms with Gasteiger partial charge in [0, 0.05) is 69.8 Å². The summed E-state index contributed by atoms with van der Waals surface area (Å²) in [5.41, 5.74) is 5.68. The van der Waals surface area contributed by atoms with Gasteiger partial charge in [-0.2, -0.15) is 0 Å². The Morgan fingerprint density at radius 2 is 1.66 bits per heavy atom. The van der Waals surface area contributed by atoms with Gasteiger partial charge in [-0.25, -0.2) is 9.79 Å². The lowest BCUT2D eigenvalue weighted by Gasteiger charge is -2.71. The van der Waals surface area contributed by atoms with Crippen molar-refractivity contribution in [2.75, 3.05) is 0 Å². The molecule has 1 aromatic carbocycles. The Hall–Kier alpha value is -4.56. The minimum atomic E-state index is -1.76. The van der Waals surface area contributed by atoms with Crippen molar-refractivity contribution >= 4 is 29.6 Å². The molecule has 0 radical (unpaired) electrons. The monoisotopic (exact) mass is 839 g/mol. The molecule has 9 aliphatic rings. The molecule has 0 heterocycles. The fraction of sp³-hybridized carbons (Fsp3) is 0.577. The number of carboxylic acid groups (broad SMARTS) is 1. The number of carboxylic acids is 1. The van der Waals surface area contributed by atoms with Crippen molar-refractivity contribution in [3.8, 4) is 11.8 Å². The van der Waals surface area contributed by atoms with Crippen LogP contribution in [0.25, 0.3) is 6.08 Å². The van der Waals surface area contributed by atoms with E-state index in [9.17, 15) is 30.0 Å². The lowest BCUT2D eigenvalue weighted by Crippen LogP contribution is -2.73. The molecule has 1 aromatic rings. The van der Waals surface area contributed by atoms with Crippen molar-refractivity contribution in [3.63, 3.8) is 0 Å². The number of Topliss-reactive ketones (excluding diaryl/α,β-unsaturated/α-hetero) is 2. The number of allylic oxidation sites excluding steroid dienone is 2. The summed E-state index contributed by atoms with van der Waals surface area (Å²) < 4.78 is 0. The molecule has 0 aromatic heterocycles. The summed E-state index contributed by atoms with van der Waals surface area (Å²) in [5.74, 6) is 2.98. The van der Waals surface area contributed by atoms with Crippen molar-refractivity contribution in [1.29, 1.82) is 0 Å². The van der Waals surface area contributed by atoms with Crippen LogP contribution in [0.3, 0.4) is 0 Å². The predicted octanol–water partition coefficient (Wildman–Crippen LogP) is 6.36. The molecule has 4 saturated carbocycles. The number of carbonyl (C=O) groups excluding carboxylic acids is 2. The maximum Gasteiger partial charge on any atom is 0.331 e. The lowest BCUT2D eigenvalue weighted by molar-refractivity contribution is -0.184. The summed E-state index contributed by atoms with van der Waals surface area (Å²) in [5, 5.41) is 51.2. The van der Waals surface area contributed by atoms with E-state index >= 15 is 4.79 Å². The van der Waals surface area contributed by atoms with E-state index in [1.807, 2.05) is 55.5 Å². The fourth-order valence-corrected chi connectivity index (χ4v) is 16.8. The van der Waals surface area contributed by atoms with Crippen LogP contribution < -0.4 is 11.5 Å². The topological polar surface area (TPSA) is 197 Å². The van der Waals surface area contributed by atoms with Gasteiger partial charge in [-0.05, 0) is 91.9 Å². The largest absolute Gasteiger partial charge is 0.478 e. The minimum Gasteiger partial charge on any atom is -0.478 e. The first kappa shape index (κ1) is 41.5. The van der Waals surface area contributed by atoms with Gasteiger partial charge in [-0.3, -0.25) is 9.59 Å². The molecule has 62 heavy (non-hydrogen) atoms. The molecule has 0 saturated heterocycles. The van der Waals surface area contributed by atoms with Gasteiger partial charge in [0.25, 0.3) is 0 Å². The first-order valence-electron chi connectivity index (χ1n) is 22.9. The number of guanidine groups is 1. The van der Waals surface area contributed by atoms with Crippen LogP contribution in [0.5, 0.6) is 0 Å². The number of carbonyl (C=O) groups is 3. The molecule has 0 amide bonds. The van der Waals surface area contributed by atoms with E-state index in [0.717, 1.165) is 12.0 Å². The van der Waals surface area contributed by atoms with Crippen LogP contribution >= 0.6 is 0 Å². The third kappa shape index (κ3) is 4.78. The van der Waals surface area contributed by atoms with Gasteiger partial charge < -0.3 is 31.9 Å². The van der Waals surface area contributed by atoms with Gasteiger partial charge in [-0.1, -0.05) is 94.3 Å². The van der Waals surface area contributed by atoms with Crippen LogP contribution in [0.4, 0.5) is 0 Å². The zero-order valence-electron chi connectivity index (χ0n) is 36.4. The Labute approximate surface area is 364 Å². The Kier molecular flexibility index (Phi) is 8.86. The molecule has 4 bridgehead atoms. The molecule has 0 unspecified atom stereocenters. The Balaban J connectivity index is 1.31. The van der Waals surface area contributed by atoms with Gasteiger partial charge in [-0.15, -0.1) is 11.8 Å². The van der Waals surface area contributed by atoms with E-state index in [2.05, 4.69) is 37.8 Å². The van der Waals surface area contributed by atoms with Crippen LogP contribution in [0.1, 0.15) is 110 Å². The van der Waals surface area contributed by atoms with Gasteiger partial charge in [0.2, 0.25) is 0 Å². The maximum atomic E-state index is 16.4. The zero-order valence-corrected chi connectivity index (χ0v) is 36.4. The third-order valence-corrected chi connectivity index (χ3v) is 19.2. The van der Waals surface area contributed by atoms with E-state index in [4.69, 9.17) is 16.5 Å². The van der Waals surface area contributed by atoms with Crippen molar-refractivity contribution in [3.05, 3.63) is 88.6 Å². The molecule has 8 N–H and O–H groups in total. The van der Waals surface area contributed by atoms with Crippen LogP contribution in [0.2, 0.25) is 0 Å². The second-order valence-corrected chi connectivity index (χ2v) is 21.3. The number of aliphatic imine (C=N–C) groups is 1. The van der Waals surface area contributed by atoms with E-state index in [1.165, 1.54) is 6.92 Å². The van der Waals surface area contributed by atoms with E-state index < -0.39 is 85.5 Å². The van der Waals surface area contributed by atoms with Crippen molar-refractivity contribution < 1.29 is 34.8 Å². The van der Waals surface area contributed by atoms with E-state index in [0.29, 0.717) is 68.1 Å². The average Bonchev–Trinajstić information content (AvgIpc) is 3.37. The highest BCUT2D eigenvalue weighted by Gasteiger charge is 2.86. The Morgan fingerprint density at radius 3 is 2.39 bits per heavy atom. The van der Waals surface area contributed by atoms with E-state index in [1.54, 1.807) is 6.08 Å². The van der Waals surface area contributed by atoms with Crippen LogP contribution in [-0.2, 0) is 14.4 Å². The molecule has 0 aliphatic heterocycles. The summed E-state index contributed by atoms with van der Waals surface area (Å²) in [6.07, 6.45) is 16.0. The average molecular weight is 840 g/mol. The molecule has 9 aliphatic carbocycles. The number of hydrogen-bond donors (Lipinski definition) is 6. The number of benzene rings is 1. The molecular formula is C52H61N3O7. The highest BCUT2D eigenvalue weighted by Crippen LogP contribution is 2.85. The highest BCUT2D eigenvalue weighted by molar-refractivity contribution is 6.04. The van der Waals surface area contributed by atoms with Crippen LogP contribution in [0, 0.1) is 68.5 Å². The van der Waals surface area contributed by atoms with Crippen molar-refractivity contribution in [2.45, 2.75) is 128 Å². The Bertz CT molecular complexity index is 2450. The summed E-state index contributed by atoms with van der Waals surface area (Å²) >= 11 is 0. The molecule has 4 fully saturated rings. The standard InChI is InChI=1S/C52H61N3O7/c1-30(43(59)60)32-19-24-49(55-44(53)54)26-25-48-29-50(61)27-28-51(62)35(18-17-31-13-7-5-8-14-31)41-45(2)21-11-6-12-22-52(50)42(51)38(46(41,3)23-20-36(45)56)40(58)34(47(48,52)4)16-10-9-15-33(48)37(49)39(32)57/h5,7-8,13-14,17-18,25-28,33-35,37,39,41,57,61-62H,9-10,12,15-16,19-24,29H2,1-4H3,(H,59,60)(H4,53,54,55)/b18-17+,32-30+/t33-,34-,35+,37+,39-,41-,45-,46-,47-,48-,49+,50+,51-,52+/m1/s1. The number of nitrogens with zero attached hydrogens (tertiary/aromatic N) is 1. The van der Waals surface area contributed by atoms with Crippen molar-refractivity contribution in [2.24, 2.45) is 73.1 Å². The van der Waals surface area contributed by atoms with E-state index in [-0.39, 0.29) is 42.4 Å². The molecule has 326 valence electrons. The molecule has 10 heteroatoms. The molecular weight excluding hydrogens is 779 g/mol. The number of ketones is 2. The molecule has 10 rings (SSSR count). The number of fused-ring (bicyclic) bond motifs is 3. The number of aliphatic carboxylic acids is 1. The summed E-state index contributed by atoms with van der Waals surface area (Å²) in [6, 6.07) is 9.92. The highest BCUT2D eigenvalue weighted by atomic mass is 16.4. The molecule has 2 spiro atoms. The van der Waals surface area contributed by atoms with Gasteiger partial charge >= 0.3 is 5.97 Å². The normalized spacial score (nSPS) is 47.9. The van der Waals surface area contributed by atoms with Crippen LogP contribution in [0.15, 0.2) is 88.0 Å².